The van der Waals surface area contributed by atoms with E-state index in [2.05, 4.69) is 25.8 Å². The van der Waals surface area contributed by atoms with Crippen LogP contribution < -0.4 is 0 Å². The summed E-state index contributed by atoms with van der Waals surface area (Å²) in [7, 11) is 0. The first-order valence-electron chi connectivity index (χ1n) is 8.64. The predicted octanol–water partition coefficient (Wildman–Crippen LogP) is 4.71. The van der Waals surface area contributed by atoms with Gasteiger partial charge in [-0.3, -0.25) is 4.79 Å². The molecule has 0 amide bonds. The summed E-state index contributed by atoms with van der Waals surface area (Å²) < 4.78 is 0. The second-order valence-electron chi connectivity index (χ2n) is 7.37. The number of carboxylic acid groups (broad SMARTS) is 2. The molecule has 26 heavy (non-hydrogen) atoms. The fourth-order valence-corrected chi connectivity index (χ4v) is 2.36. The van der Waals surface area contributed by atoms with E-state index in [1.807, 2.05) is 0 Å². The summed E-state index contributed by atoms with van der Waals surface area (Å²) in [6, 6.07) is 7.93. The lowest BCUT2D eigenvalue weighted by Gasteiger charge is -2.17. The zero-order valence-electron chi connectivity index (χ0n) is 15.5. The van der Waals surface area contributed by atoms with Gasteiger partial charge in [0.1, 0.15) is 17.0 Å². The molecule has 2 rings (SSSR count). The van der Waals surface area contributed by atoms with Crippen LogP contribution in [0.3, 0.4) is 0 Å². The van der Waals surface area contributed by atoms with Crippen molar-refractivity contribution in [3.8, 4) is 5.75 Å². The summed E-state index contributed by atoms with van der Waals surface area (Å²) >= 11 is 0. The fourth-order valence-electron chi connectivity index (χ4n) is 2.36. The van der Waals surface area contributed by atoms with E-state index < -0.39 is 11.9 Å². The molecule has 0 atom stereocenters. The fraction of sp³-hybridized carbons (Fsp3) is 0.450. The number of para-hydroxylation sites is 1. The summed E-state index contributed by atoms with van der Waals surface area (Å²) in [5.74, 6) is -1.79. The third kappa shape index (κ3) is 7.96. The maximum atomic E-state index is 10.6. The maximum absolute atomic E-state index is 10.6. The Labute approximate surface area is 153 Å². The number of rotatable bonds is 6. The van der Waals surface area contributed by atoms with Gasteiger partial charge in [-0.05, 0) is 30.4 Å². The molecule has 0 fully saturated rings. The smallest absolute Gasteiger partial charge is 0.354 e. The Bertz CT molecular complexity index is 749. The van der Waals surface area contributed by atoms with Crippen LogP contribution in [-0.4, -0.2) is 32.2 Å². The van der Waals surface area contributed by atoms with Crippen LogP contribution in [0.4, 0.5) is 0 Å². The van der Waals surface area contributed by atoms with Gasteiger partial charge in [0, 0.05) is 11.8 Å². The number of benzene rings is 1. The Hall–Kier alpha value is -2.63. The average Bonchev–Trinajstić information content (AvgIpc) is 2.54. The van der Waals surface area contributed by atoms with E-state index in [0.29, 0.717) is 17.4 Å². The highest BCUT2D eigenvalue weighted by Gasteiger charge is 2.09. The van der Waals surface area contributed by atoms with Crippen molar-refractivity contribution < 1.29 is 24.9 Å². The summed E-state index contributed by atoms with van der Waals surface area (Å²) in [5.41, 5.74) is 0.634. The molecule has 6 heteroatoms. The van der Waals surface area contributed by atoms with Crippen LogP contribution in [-0.2, 0) is 4.79 Å². The number of aromatic carboxylic acids is 1. The van der Waals surface area contributed by atoms with Crippen LogP contribution in [0.25, 0.3) is 10.9 Å². The number of aromatic nitrogens is 1. The minimum absolute atomic E-state index is 0.00870. The monoisotopic (exact) mass is 361 g/mol. The lowest BCUT2D eigenvalue weighted by Crippen LogP contribution is -2.04. The van der Waals surface area contributed by atoms with Crippen molar-refractivity contribution in [2.75, 3.05) is 0 Å². The summed E-state index contributed by atoms with van der Waals surface area (Å²) in [6.07, 6.45) is 4.53. The second kappa shape index (κ2) is 9.75. The van der Waals surface area contributed by atoms with E-state index in [1.165, 1.54) is 18.6 Å². The van der Waals surface area contributed by atoms with E-state index in [1.54, 1.807) is 18.2 Å². The van der Waals surface area contributed by atoms with Gasteiger partial charge in [0.05, 0.1) is 0 Å². The minimum atomic E-state index is -1.10. The first kappa shape index (κ1) is 21.4. The number of unbranched alkanes of at least 4 members (excludes halogenated alkanes) is 2. The zero-order valence-corrected chi connectivity index (χ0v) is 15.5. The van der Waals surface area contributed by atoms with Crippen molar-refractivity contribution in [3.05, 3.63) is 36.0 Å². The number of aromatic hydroxyl groups is 1. The number of phenols is 1. The van der Waals surface area contributed by atoms with Gasteiger partial charge in [-0.1, -0.05) is 51.8 Å². The molecule has 0 spiro atoms. The topological polar surface area (TPSA) is 108 Å². The number of phenolic OH excluding ortho intramolecular Hbond substituents is 1. The molecule has 0 saturated heterocycles. The molecule has 0 aliphatic carbocycles. The van der Waals surface area contributed by atoms with Gasteiger partial charge in [0.15, 0.2) is 0 Å². The number of hydrogen-bond donors (Lipinski definition) is 3. The number of hydrogen-bond acceptors (Lipinski definition) is 4. The molecule has 6 nitrogen and oxygen atoms in total. The molecule has 0 aliphatic heterocycles. The quantitative estimate of drug-likeness (QED) is 0.643. The van der Waals surface area contributed by atoms with Crippen molar-refractivity contribution in [2.45, 2.75) is 52.9 Å². The van der Waals surface area contributed by atoms with Gasteiger partial charge in [0.2, 0.25) is 0 Å². The molecule has 0 radical (unpaired) electrons. The van der Waals surface area contributed by atoms with Gasteiger partial charge in [-0.15, -0.1) is 0 Å². The number of pyridine rings is 1. The molecule has 0 bridgehead atoms. The normalized spacial score (nSPS) is 10.9. The summed E-state index contributed by atoms with van der Waals surface area (Å²) in [6.45, 7) is 6.64. The van der Waals surface area contributed by atoms with Crippen molar-refractivity contribution in [1.29, 1.82) is 0 Å². The summed E-state index contributed by atoms with van der Waals surface area (Å²) in [4.78, 5) is 24.6. The summed E-state index contributed by atoms with van der Waals surface area (Å²) in [5, 5.41) is 27.2. The van der Waals surface area contributed by atoms with E-state index >= 15 is 0 Å². The molecule has 3 N–H and O–H groups in total. The van der Waals surface area contributed by atoms with Gasteiger partial charge >= 0.3 is 11.9 Å². The number of aliphatic carboxylic acids is 1. The van der Waals surface area contributed by atoms with Crippen molar-refractivity contribution in [2.24, 2.45) is 5.41 Å². The standard InChI is InChI=1S/C10H7NO3.C10H20O2/c12-8-3-1-2-6-4-5-7(10(13)14)11-9(6)8;1-10(2,3)8-6-4-5-7-9(11)12/h1-5,12H,(H,13,14);4-8H2,1-3H3,(H,11,12). The van der Waals surface area contributed by atoms with E-state index in [0.717, 1.165) is 24.6 Å². The van der Waals surface area contributed by atoms with Gasteiger partial charge < -0.3 is 15.3 Å². The first-order chi connectivity index (χ1) is 12.1. The lowest BCUT2D eigenvalue weighted by molar-refractivity contribution is -0.137. The van der Waals surface area contributed by atoms with Crippen LogP contribution in [0.1, 0.15) is 63.4 Å². The molecule has 0 unspecified atom stereocenters. The largest absolute Gasteiger partial charge is 0.506 e. The Kier molecular flexibility index (Phi) is 8.03. The van der Waals surface area contributed by atoms with Crippen LogP contribution in [0.5, 0.6) is 5.75 Å². The van der Waals surface area contributed by atoms with E-state index in [-0.39, 0.29) is 11.4 Å². The number of carboxylic acids is 2. The molecule has 0 saturated carbocycles. The highest BCUT2D eigenvalue weighted by atomic mass is 16.4. The molecular weight excluding hydrogens is 334 g/mol. The Morgan fingerprint density at radius 3 is 2.27 bits per heavy atom. The Morgan fingerprint density at radius 2 is 1.69 bits per heavy atom. The minimum Gasteiger partial charge on any atom is -0.506 e. The molecule has 1 aromatic carbocycles. The molecule has 1 aromatic heterocycles. The second-order valence-corrected chi connectivity index (χ2v) is 7.37. The maximum Gasteiger partial charge on any atom is 0.354 e. The van der Waals surface area contributed by atoms with Crippen LogP contribution >= 0.6 is 0 Å². The van der Waals surface area contributed by atoms with Crippen molar-refractivity contribution >= 4 is 22.8 Å². The first-order valence-corrected chi connectivity index (χ1v) is 8.64. The molecule has 0 aliphatic rings. The lowest BCUT2D eigenvalue weighted by atomic mass is 9.89. The van der Waals surface area contributed by atoms with Gasteiger partial charge in [0.25, 0.3) is 0 Å². The predicted molar refractivity (Wildman–Crippen MR) is 101 cm³/mol. The molecule has 142 valence electrons. The van der Waals surface area contributed by atoms with Crippen molar-refractivity contribution in [1.82, 2.24) is 4.98 Å². The average molecular weight is 361 g/mol. The van der Waals surface area contributed by atoms with E-state index in [4.69, 9.17) is 10.2 Å². The third-order valence-corrected chi connectivity index (χ3v) is 3.74. The highest BCUT2D eigenvalue weighted by molar-refractivity contribution is 5.91. The molecule has 1 heterocycles. The van der Waals surface area contributed by atoms with E-state index in [9.17, 15) is 14.7 Å². The Morgan fingerprint density at radius 1 is 1.00 bits per heavy atom. The zero-order chi connectivity index (χ0) is 19.7. The number of fused-ring (bicyclic) bond motifs is 1. The van der Waals surface area contributed by atoms with Crippen LogP contribution in [0.15, 0.2) is 30.3 Å². The third-order valence-electron chi connectivity index (χ3n) is 3.74. The van der Waals surface area contributed by atoms with Crippen LogP contribution in [0, 0.1) is 5.41 Å². The molecule has 2 aromatic rings. The van der Waals surface area contributed by atoms with Crippen LogP contribution in [0.2, 0.25) is 0 Å². The Balaban J connectivity index is 0.000000265. The van der Waals surface area contributed by atoms with Gasteiger partial charge in [-0.25, -0.2) is 9.78 Å². The molecular formula is C20H27NO5. The number of carbonyl (C=O) groups is 2. The van der Waals surface area contributed by atoms with Gasteiger partial charge in [-0.2, -0.15) is 0 Å². The number of nitrogens with zero attached hydrogens (tertiary/aromatic N) is 1. The highest BCUT2D eigenvalue weighted by Crippen LogP contribution is 2.23. The van der Waals surface area contributed by atoms with Crippen molar-refractivity contribution in [3.63, 3.8) is 0 Å². The SMILES string of the molecule is CC(C)(C)CCCCCC(=O)O.O=C(O)c1ccc2cccc(O)c2n1.